The highest BCUT2D eigenvalue weighted by atomic mass is 19.1. The second-order valence-electron chi connectivity index (χ2n) is 3.00. The van der Waals surface area contributed by atoms with Crippen molar-refractivity contribution in [2.45, 2.75) is 6.42 Å². The summed E-state index contributed by atoms with van der Waals surface area (Å²) in [5.41, 5.74) is 5.11. The molecule has 0 radical (unpaired) electrons. The van der Waals surface area contributed by atoms with Crippen LogP contribution in [0.4, 0.5) is 4.39 Å². The lowest BCUT2D eigenvalue weighted by molar-refractivity contribution is -0.136. The molecule has 0 aliphatic rings. The zero-order valence-electron chi connectivity index (χ0n) is 8.16. The van der Waals surface area contributed by atoms with Crippen molar-refractivity contribution < 1.29 is 19.1 Å². The monoisotopic (exact) mass is 221 g/mol. The summed E-state index contributed by atoms with van der Waals surface area (Å²) < 4.78 is 13.3. The van der Waals surface area contributed by atoms with Gasteiger partial charge in [0, 0.05) is 5.92 Å². The molecule has 0 atom stereocenters. The van der Waals surface area contributed by atoms with Gasteiger partial charge in [0.1, 0.15) is 5.82 Å². The van der Waals surface area contributed by atoms with Gasteiger partial charge in [0.2, 0.25) is 0 Å². The topological polar surface area (TPSA) is 80.4 Å². The van der Waals surface area contributed by atoms with Crippen LogP contribution in [-0.2, 0) is 16.0 Å². The first kappa shape index (κ1) is 11.7. The average molecular weight is 221 g/mol. The first-order chi connectivity index (χ1) is 7.49. The maximum absolute atomic E-state index is 13.3. The maximum atomic E-state index is 13.3. The van der Waals surface area contributed by atoms with Crippen LogP contribution >= 0.6 is 0 Å². The van der Waals surface area contributed by atoms with Gasteiger partial charge in [-0.05, 0) is 17.7 Å². The molecule has 0 bridgehead atoms. The summed E-state index contributed by atoms with van der Waals surface area (Å²) in [6.45, 7) is 0. The third-order valence-corrected chi connectivity index (χ3v) is 1.71. The SMILES string of the molecule is NC(=O)C#Cc1ccc(CC(=O)O)cc1F. The van der Waals surface area contributed by atoms with E-state index in [1.807, 2.05) is 5.92 Å². The third kappa shape index (κ3) is 3.42. The fourth-order valence-electron chi connectivity index (χ4n) is 1.07. The van der Waals surface area contributed by atoms with Gasteiger partial charge in [-0.3, -0.25) is 9.59 Å². The minimum Gasteiger partial charge on any atom is -0.481 e. The summed E-state index contributed by atoms with van der Waals surface area (Å²) in [7, 11) is 0. The van der Waals surface area contributed by atoms with Crippen molar-refractivity contribution in [1.82, 2.24) is 0 Å². The van der Waals surface area contributed by atoms with E-state index in [0.29, 0.717) is 5.56 Å². The van der Waals surface area contributed by atoms with Gasteiger partial charge in [-0.15, -0.1) is 0 Å². The standard InChI is InChI=1S/C11H8FNO3/c12-9-5-7(6-11(15)16)1-2-8(9)3-4-10(13)14/h1-2,5H,6H2,(H2,13,14)(H,15,16). The highest BCUT2D eigenvalue weighted by Crippen LogP contribution is 2.10. The second kappa shape index (κ2) is 4.94. The molecule has 0 aromatic heterocycles. The fourth-order valence-corrected chi connectivity index (χ4v) is 1.07. The Morgan fingerprint density at radius 1 is 1.44 bits per heavy atom. The number of carboxylic acid groups (broad SMARTS) is 1. The molecule has 1 aromatic rings. The Labute approximate surface area is 90.9 Å². The molecule has 1 aromatic carbocycles. The number of carbonyl (C=O) groups excluding carboxylic acids is 1. The van der Waals surface area contributed by atoms with Crippen LogP contribution in [0.25, 0.3) is 0 Å². The van der Waals surface area contributed by atoms with Crippen LogP contribution < -0.4 is 5.73 Å². The lowest BCUT2D eigenvalue weighted by Crippen LogP contribution is -2.06. The molecule has 0 spiro atoms. The van der Waals surface area contributed by atoms with Crippen LogP contribution in [0, 0.1) is 17.7 Å². The fraction of sp³-hybridized carbons (Fsp3) is 0.0909. The lowest BCUT2D eigenvalue weighted by atomic mass is 10.1. The Morgan fingerprint density at radius 2 is 2.12 bits per heavy atom. The molecule has 3 N–H and O–H groups in total. The molecule has 82 valence electrons. The van der Waals surface area contributed by atoms with Crippen molar-refractivity contribution >= 4 is 11.9 Å². The Balaban J connectivity index is 2.97. The molecular formula is C11H8FNO3. The Kier molecular flexibility index (Phi) is 3.62. The van der Waals surface area contributed by atoms with E-state index < -0.39 is 17.7 Å². The van der Waals surface area contributed by atoms with E-state index in [9.17, 15) is 14.0 Å². The van der Waals surface area contributed by atoms with Crippen molar-refractivity contribution in [2.75, 3.05) is 0 Å². The van der Waals surface area contributed by atoms with Crippen molar-refractivity contribution in [3.63, 3.8) is 0 Å². The molecule has 0 saturated carbocycles. The van der Waals surface area contributed by atoms with E-state index in [4.69, 9.17) is 10.8 Å². The minimum atomic E-state index is -1.05. The van der Waals surface area contributed by atoms with Crippen molar-refractivity contribution in [1.29, 1.82) is 0 Å². The number of carboxylic acids is 1. The first-order valence-electron chi connectivity index (χ1n) is 4.30. The number of aliphatic carboxylic acids is 1. The predicted octanol–water partition coefficient (Wildman–Crippen LogP) is 0.290. The van der Waals surface area contributed by atoms with Gasteiger partial charge in [-0.2, -0.15) is 0 Å². The minimum absolute atomic E-state index is 0.00735. The largest absolute Gasteiger partial charge is 0.481 e. The van der Waals surface area contributed by atoms with Gasteiger partial charge in [-0.1, -0.05) is 12.0 Å². The van der Waals surface area contributed by atoms with Crippen LogP contribution in [-0.4, -0.2) is 17.0 Å². The Morgan fingerprint density at radius 3 is 2.62 bits per heavy atom. The number of nitrogens with two attached hydrogens (primary N) is 1. The van der Waals surface area contributed by atoms with Crippen molar-refractivity contribution in [2.24, 2.45) is 5.73 Å². The number of benzene rings is 1. The van der Waals surface area contributed by atoms with Crippen molar-refractivity contribution in [3.8, 4) is 11.8 Å². The Hall–Kier alpha value is -2.35. The van der Waals surface area contributed by atoms with Crippen LogP contribution in [0.2, 0.25) is 0 Å². The zero-order chi connectivity index (χ0) is 12.1. The van der Waals surface area contributed by atoms with E-state index in [-0.39, 0.29) is 12.0 Å². The van der Waals surface area contributed by atoms with Gasteiger partial charge >= 0.3 is 5.97 Å². The number of amides is 1. The van der Waals surface area contributed by atoms with Crippen LogP contribution in [0.15, 0.2) is 18.2 Å². The summed E-state index contributed by atoms with van der Waals surface area (Å²) in [5.74, 6) is 1.67. The van der Waals surface area contributed by atoms with Crippen LogP contribution in [0.1, 0.15) is 11.1 Å². The Bertz CT molecular complexity index is 500. The quantitative estimate of drug-likeness (QED) is 0.704. The molecule has 0 fully saturated rings. The summed E-state index contributed by atoms with van der Waals surface area (Å²) in [6.07, 6.45) is -0.263. The molecule has 0 unspecified atom stereocenters. The number of carbonyl (C=O) groups is 2. The third-order valence-electron chi connectivity index (χ3n) is 1.71. The van der Waals surface area contributed by atoms with Crippen molar-refractivity contribution in [3.05, 3.63) is 35.1 Å². The first-order valence-corrected chi connectivity index (χ1v) is 4.30. The maximum Gasteiger partial charge on any atom is 0.307 e. The van der Waals surface area contributed by atoms with Crippen LogP contribution in [0.5, 0.6) is 0 Å². The second-order valence-corrected chi connectivity index (χ2v) is 3.00. The normalized spacial score (nSPS) is 9.06. The molecule has 0 saturated heterocycles. The molecule has 1 amide bonds. The van der Waals surface area contributed by atoms with Crippen LogP contribution in [0.3, 0.4) is 0 Å². The molecular weight excluding hydrogens is 213 g/mol. The molecule has 5 heteroatoms. The van der Waals surface area contributed by atoms with E-state index >= 15 is 0 Å². The zero-order valence-corrected chi connectivity index (χ0v) is 8.16. The van der Waals surface area contributed by atoms with Gasteiger partial charge in [0.05, 0.1) is 12.0 Å². The molecule has 0 aliphatic heterocycles. The molecule has 4 nitrogen and oxygen atoms in total. The van der Waals surface area contributed by atoms with E-state index in [1.54, 1.807) is 0 Å². The number of hydrogen-bond acceptors (Lipinski definition) is 2. The summed E-state index contributed by atoms with van der Waals surface area (Å²) in [6, 6.07) is 3.81. The summed E-state index contributed by atoms with van der Waals surface area (Å²) in [4.78, 5) is 20.7. The smallest absolute Gasteiger partial charge is 0.307 e. The lowest BCUT2D eigenvalue weighted by Gasteiger charge is -1.98. The van der Waals surface area contributed by atoms with E-state index in [0.717, 1.165) is 6.07 Å². The molecule has 16 heavy (non-hydrogen) atoms. The highest BCUT2D eigenvalue weighted by Gasteiger charge is 2.04. The number of primary amides is 1. The van der Waals surface area contributed by atoms with Gasteiger partial charge < -0.3 is 10.8 Å². The number of rotatable bonds is 2. The van der Waals surface area contributed by atoms with Gasteiger partial charge in [0.25, 0.3) is 5.91 Å². The molecule has 0 heterocycles. The highest BCUT2D eigenvalue weighted by molar-refractivity contribution is 5.92. The van der Waals surface area contributed by atoms with Gasteiger partial charge in [0.15, 0.2) is 0 Å². The number of halogens is 1. The predicted molar refractivity (Wildman–Crippen MR) is 53.8 cm³/mol. The molecule has 0 aliphatic carbocycles. The van der Waals surface area contributed by atoms with E-state index in [2.05, 4.69) is 5.92 Å². The molecule has 1 rings (SSSR count). The number of hydrogen-bond donors (Lipinski definition) is 2. The van der Waals surface area contributed by atoms with E-state index in [1.165, 1.54) is 12.1 Å². The summed E-state index contributed by atoms with van der Waals surface area (Å²) in [5, 5.41) is 8.49. The average Bonchev–Trinajstić information content (AvgIpc) is 2.15. The summed E-state index contributed by atoms with van der Waals surface area (Å²) >= 11 is 0. The van der Waals surface area contributed by atoms with Gasteiger partial charge in [-0.25, -0.2) is 4.39 Å².